The second kappa shape index (κ2) is 10.4. The predicted molar refractivity (Wildman–Crippen MR) is 104 cm³/mol. The average Bonchev–Trinajstić information content (AvgIpc) is 2.57. The SMILES string of the molecule is C=C/C=C(\C=C)c1ccc(COC(=O)CCCC(=O)OC(C)(C)C)cc1. The van der Waals surface area contributed by atoms with E-state index in [1.807, 2.05) is 51.1 Å². The maximum Gasteiger partial charge on any atom is 0.306 e. The van der Waals surface area contributed by atoms with Crippen molar-refractivity contribution in [3.05, 3.63) is 66.8 Å². The fourth-order valence-corrected chi connectivity index (χ4v) is 2.21. The van der Waals surface area contributed by atoms with Gasteiger partial charge in [0.25, 0.3) is 0 Å². The Labute approximate surface area is 156 Å². The number of carbonyl (C=O) groups is 2. The minimum absolute atomic E-state index is 0.194. The van der Waals surface area contributed by atoms with Crippen LogP contribution in [0.15, 0.2) is 55.7 Å². The van der Waals surface area contributed by atoms with Crippen molar-refractivity contribution in [3.8, 4) is 0 Å². The molecule has 140 valence electrons. The van der Waals surface area contributed by atoms with Crippen LogP contribution in [0.25, 0.3) is 5.57 Å². The highest BCUT2D eigenvalue weighted by atomic mass is 16.6. The molecule has 0 amide bonds. The van der Waals surface area contributed by atoms with E-state index >= 15 is 0 Å². The summed E-state index contributed by atoms with van der Waals surface area (Å²) in [5.74, 6) is -0.623. The minimum atomic E-state index is -0.504. The molecule has 0 unspecified atom stereocenters. The molecular formula is C22H28O4. The molecule has 0 aromatic heterocycles. The van der Waals surface area contributed by atoms with Gasteiger partial charge in [0.2, 0.25) is 0 Å². The molecule has 0 N–H and O–H groups in total. The molecule has 0 spiro atoms. The lowest BCUT2D eigenvalue weighted by Gasteiger charge is -2.19. The highest BCUT2D eigenvalue weighted by molar-refractivity contribution is 5.75. The van der Waals surface area contributed by atoms with Crippen molar-refractivity contribution < 1.29 is 19.1 Å². The van der Waals surface area contributed by atoms with Gasteiger partial charge in [-0.15, -0.1) is 0 Å². The van der Waals surface area contributed by atoms with Gasteiger partial charge in [0.1, 0.15) is 12.2 Å². The third kappa shape index (κ3) is 8.47. The van der Waals surface area contributed by atoms with Gasteiger partial charge in [-0.05, 0) is 43.9 Å². The van der Waals surface area contributed by atoms with E-state index in [1.165, 1.54) is 0 Å². The van der Waals surface area contributed by atoms with Gasteiger partial charge in [-0.3, -0.25) is 9.59 Å². The van der Waals surface area contributed by atoms with E-state index < -0.39 is 5.60 Å². The van der Waals surface area contributed by atoms with Crippen molar-refractivity contribution in [2.75, 3.05) is 0 Å². The molecule has 1 aromatic rings. The van der Waals surface area contributed by atoms with E-state index in [1.54, 1.807) is 12.2 Å². The fourth-order valence-electron chi connectivity index (χ4n) is 2.21. The summed E-state index contributed by atoms with van der Waals surface area (Å²) in [7, 11) is 0. The predicted octanol–water partition coefficient (Wildman–Crippen LogP) is 5.00. The summed E-state index contributed by atoms with van der Waals surface area (Å²) in [5.41, 5.74) is 2.39. The summed E-state index contributed by atoms with van der Waals surface area (Å²) >= 11 is 0. The van der Waals surface area contributed by atoms with Crippen LogP contribution in [0.5, 0.6) is 0 Å². The molecule has 1 rings (SSSR count). The Kier molecular flexibility index (Phi) is 8.56. The highest BCUT2D eigenvalue weighted by Gasteiger charge is 2.16. The van der Waals surface area contributed by atoms with E-state index in [-0.39, 0.29) is 31.4 Å². The molecule has 4 heteroatoms. The Bertz CT molecular complexity index is 660. The zero-order valence-electron chi connectivity index (χ0n) is 15.9. The number of ether oxygens (including phenoxy) is 2. The summed E-state index contributed by atoms with van der Waals surface area (Å²) in [6, 6.07) is 7.71. The number of rotatable bonds is 9. The summed E-state index contributed by atoms with van der Waals surface area (Å²) in [6.07, 6.45) is 6.18. The van der Waals surface area contributed by atoms with Crippen LogP contribution in [0, 0.1) is 0 Å². The number of benzene rings is 1. The zero-order valence-corrected chi connectivity index (χ0v) is 15.9. The van der Waals surface area contributed by atoms with Crippen molar-refractivity contribution in [2.24, 2.45) is 0 Å². The molecule has 0 radical (unpaired) electrons. The van der Waals surface area contributed by atoms with E-state index in [4.69, 9.17) is 9.47 Å². The van der Waals surface area contributed by atoms with Crippen LogP contribution in [0.3, 0.4) is 0 Å². The van der Waals surface area contributed by atoms with Crippen molar-refractivity contribution in [1.29, 1.82) is 0 Å². The molecule has 0 heterocycles. The van der Waals surface area contributed by atoms with Gasteiger partial charge >= 0.3 is 11.9 Å². The second-order valence-corrected chi connectivity index (χ2v) is 6.86. The molecule has 1 aromatic carbocycles. The first-order chi connectivity index (χ1) is 12.2. The molecule has 0 atom stereocenters. The van der Waals surface area contributed by atoms with Crippen LogP contribution in [-0.2, 0) is 25.7 Å². The highest BCUT2D eigenvalue weighted by Crippen LogP contribution is 2.17. The fraction of sp³-hybridized carbons (Fsp3) is 0.364. The van der Waals surface area contributed by atoms with E-state index in [9.17, 15) is 9.59 Å². The van der Waals surface area contributed by atoms with Crippen LogP contribution < -0.4 is 0 Å². The van der Waals surface area contributed by atoms with E-state index in [0.717, 1.165) is 16.7 Å². The first kappa shape index (κ1) is 21.4. The van der Waals surface area contributed by atoms with Crippen LogP contribution in [-0.4, -0.2) is 17.5 Å². The molecule has 0 saturated heterocycles. The van der Waals surface area contributed by atoms with Crippen molar-refractivity contribution in [3.63, 3.8) is 0 Å². The van der Waals surface area contributed by atoms with Crippen LogP contribution in [0.1, 0.15) is 51.2 Å². The Morgan fingerprint density at radius 3 is 2.19 bits per heavy atom. The molecule has 0 aliphatic rings. The van der Waals surface area contributed by atoms with E-state index in [2.05, 4.69) is 13.2 Å². The molecule has 0 saturated carbocycles. The minimum Gasteiger partial charge on any atom is -0.461 e. The topological polar surface area (TPSA) is 52.6 Å². The van der Waals surface area contributed by atoms with E-state index in [0.29, 0.717) is 6.42 Å². The maximum atomic E-state index is 11.8. The number of hydrogen-bond acceptors (Lipinski definition) is 4. The number of esters is 2. The van der Waals surface area contributed by atoms with Crippen molar-refractivity contribution in [2.45, 2.75) is 52.2 Å². The Morgan fingerprint density at radius 2 is 1.65 bits per heavy atom. The summed E-state index contributed by atoms with van der Waals surface area (Å²) in [5, 5.41) is 0. The van der Waals surface area contributed by atoms with Gasteiger partial charge in [-0.25, -0.2) is 0 Å². The lowest BCUT2D eigenvalue weighted by molar-refractivity contribution is -0.155. The van der Waals surface area contributed by atoms with Gasteiger partial charge in [0, 0.05) is 12.8 Å². The zero-order chi connectivity index (χ0) is 19.6. The molecule has 0 bridgehead atoms. The summed E-state index contributed by atoms with van der Waals surface area (Å²) in [4.78, 5) is 23.4. The van der Waals surface area contributed by atoms with Gasteiger partial charge in [-0.1, -0.05) is 55.7 Å². The maximum absolute atomic E-state index is 11.8. The smallest absolute Gasteiger partial charge is 0.306 e. The van der Waals surface area contributed by atoms with Gasteiger partial charge in [0.15, 0.2) is 0 Å². The molecule has 0 aliphatic heterocycles. The number of hydrogen-bond donors (Lipinski definition) is 0. The second-order valence-electron chi connectivity index (χ2n) is 6.86. The molecule has 0 aliphatic carbocycles. The molecule has 4 nitrogen and oxygen atoms in total. The lowest BCUT2D eigenvalue weighted by Crippen LogP contribution is -2.23. The molecule has 26 heavy (non-hydrogen) atoms. The third-order valence-electron chi connectivity index (χ3n) is 3.39. The Balaban J connectivity index is 2.39. The molecular weight excluding hydrogens is 328 g/mol. The number of allylic oxidation sites excluding steroid dienone is 4. The van der Waals surface area contributed by atoms with Crippen LogP contribution in [0.2, 0.25) is 0 Å². The quantitative estimate of drug-likeness (QED) is 0.462. The van der Waals surface area contributed by atoms with Crippen LogP contribution in [0.4, 0.5) is 0 Å². The van der Waals surface area contributed by atoms with Crippen LogP contribution >= 0.6 is 0 Å². The number of carbonyl (C=O) groups excluding carboxylic acids is 2. The van der Waals surface area contributed by atoms with Gasteiger partial charge in [-0.2, -0.15) is 0 Å². The van der Waals surface area contributed by atoms with Gasteiger partial charge in [0.05, 0.1) is 0 Å². The normalized spacial score (nSPS) is 11.6. The standard InChI is InChI=1S/C22H28O4/c1-6-9-18(7-2)19-14-12-17(13-15-19)16-25-20(23)10-8-11-21(24)26-22(3,4)5/h6-7,9,12-15H,1-2,8,10-11,16H2,3-5H3/b18-9+. The van der Waals surface area contributed by atoms with Gasteiger partial charge < -0.3 is 9.47 Å². The monoisotopic (exact) mass is 356 g/mol. The van der Waals surface area contributed by atoms with Crippen molar-refractivity contribution in [1.82, 2.24) is 0 Å². The molecule has 0 fully saturated rings. The largest absolute Gasteiger partial charge is 0.461 e. The van der Waals surface area contributed by atoms with Crippen molar-refractivity contribution >= 4 is 17.5 Å². The Hall–Kier alpha value is -2.62. The third-order valence-corrected chi connectivity index (χ3v) is 3.39. The Morgan fingerprint density at radius 1 is 1.04 bits per heavy atom. The average molecular weight is 356 g/mol. The summed E-state index contributed by atoms with van der Waals surface area (Å²) in [6.45, 7) is 13.1. The lowest BCUT2D eigenvalue weighted by atomic mass is 10.0. The summed E-state index contributed by atoms with van der Waals surface area (Å²) < 4.78 is 10.4. The first-order valence-electron chi connectivity index (χ1n) is 8.67. The first-order valence-corrected chi connectivity index (χ1v) is 8.67.